The number of carbonyl (C=O) groups excluding carboxylic acids is 3. The lowest BCUT2D eigenvalue weighted by Crippen LogP contribution is -2.33. The molecule has 1 aromatic carbocycles. The predicted molar refractivity (Wildman–Crippen MR) is 114 cm³/mol. The average Bonchev–Trinajstić information content (AvgIpc) is 3.37. The molecule has 3 heterocycles. The highest BCUT2D eigenvalue weighted by Crippen LogP contribution is 2.39. The van der Waals surface area contributed by atoms with Gasteiger partial charge >= 0.3 is 17.9 Å². The molecule has 2 unspecified atom stereocenters. The van der Waals surface area contributed by atoms with Crippen LogP contribution in [-0.4, -0.2) is 36.2 Å². The number of benzene rings is 1. The maximum Gasteiger partial charge on any atom is 0.348 e. The molecule has 2 aromatic rings. The zero-order valence-corrected chi connectivity index (χ0v) is 17.6. The van der Waals surface area contributed by atoms with Crippen LogP contribution in [0.5, 0.6) is 0 Å². The van der Waals surface area contributed by atoms with E-state index >= 15 is 0 Å². The minimum atomic E-state index is -0.741. The zero-order chi connectivity index (χ0) is 21.7. The van der Waals surface area contributed by atoms with Crippen molar-refractivity contribution in [1.29, 1.82) is 0 Å². The van der Waals surface area contributed by atoms with E-state index in [9.17, 15) is 14.4 Å². The number of rotatable bonds is 2. The second-order valence-corrected chi connectivity index (χ2v) is 9.15. The second-order valence-electron chi connectivity index (χ2n) is 8.07. The fourth-order valence-corrected chi connectivity index (χ4v) is 5.32. The van der Waals surface area contributed by atoms with E-state index in [1.54, 1.807) is 12.1 Å². The SMILES string of the molecule is C=C1C(=O)OC2CC3=C[C@@H](C/C(C)=C/C(OC(=O)c4cc5ccccc5s4)[C@H]12)OC3=O. The lowest BCUT2D eigenvalue weighted by atomic mass is 9.85. The smallest absolute Gasteiger partial charge is 0.348 e. The molecule has 0 radical (unpaired) electrons. The van der Waals surface area contributed by atoms with Gasteiger partial charge in [-0.15, -0.1) is 11.3 Å². The molecule has 31 heavy (non-hydrogen) atoms. The minimum Gasteiger partial charge on any atom is -0.458 e. The molecule has 0 N–H and O–H groups in total. The maximum absolute atomic E-state index is 13.0. The highest BCUT2D eigenvalue weighted by Gasteiger charge is 2.46. The van der Waals surface area contributed by atoms with Gasteiger partial charge in [-0.1, -0.05) is 30.4 Å². The fourth-order valence-electron chi connectivity index (χ4n) is 4.37. The van der Waals surface area contributed by atoms with Gasteiger partial charge in [0.05, 0.1) is 5.92 Å². The first-order chi connectivity index (χ1) is 14.9. The summed E-state index contributed by atoms with van der Waals surface area (Å²) < 4.78 is 17.8. The first kappa shape index (κ1) is 19.8. The van der Waals surface area contributed by atoms with Crippen LogP contribution < -0.4 is 0 Å². The largest absolute Gasteiger partial charge is 0.458 e. The molecule has 0 saturated carbocycles. The van der Waals surface area contributed by atoms with E-state index in [0.29, 0.717) is 16.9 Å². The van der Waals surface area contributed by atoms with Crippen molar-refractivity contribution >= 4 is 39.3 Å². The van der Waals surface area contributed by atoms with E-state index in [1.807, 2.05) is 37.3 Å². The van der Waals surface area contributed by atoms with E-state index in [0.717, 1.165) is 15.7 Å². The fraction of sp³-hybridized carbons (Fsp3) is 0.292. The Hall–Kier alpha value is -3.19. The Morgan fingerprint density at radius 1 is 1.13 bits per heavy atom. The van der Waals surface area contributed by atoms with Crippen LogP contribution >= 0.6 is 11.3 Å². The lowest BCUT2D eigenvalue weighted by molar-refractivity contribution is -0.142. The summed E-state index contributed by atoms with van der Waals surface area (Å²) in [5.41, 5.74) is 1.61. The van der Waals surface area contributed by atoms with Crippen molar-refractivity contribution in [2.45, 2.75) is 38.1 Å². The predicted octanol–water partition coefficient (Wildman–Crippen LogP) is 4.12. The summed E-state index contributed by atoms with van der Waals surface area (Å²) in [6.45, 7) is 5.77. The van der Waals surface area contributed by atoms with Gasteiger partial charge in [0.2, 0.25) is 0 Å². The Bertz CT molecular complexity index is 1150. The van der Waals surface area contributed by atoms with Crippen LogP contribution in [0.2, 0.25) is 0 Å². The standard InChI is InChI=1S/C24H20O6S/c1-12-7-16-9-15(23(26)28-16)10-18-21(13(2)22(25)29-18)17(8-12)30-24(27)20-11-14-5-3-4-6-19(14)31-20/h3-6,8-9,11,16-18,21H,2,7,10H2,1H3/b12-8+/t16-,17?,18?,21+/m1/s1. The lowest BCUT2D eigenvalue weighted by Gasteiger charge is -2.25. The molecular weight excluding hydrogens is 416 g/mol. The van der Waals surface area contributed by atoms with Crippen LogP contribution in [0.4, 0.5) is 0 Å². The second kappa shape index (κ2) is 7.50. The monoisotopic (exact) mass is 436 g/mol. The molecule has 0 spiro atoms. The molecule has 1 aliphatic carbocycles. The highest BCUT2D eigenvalue weighted by molar-refractivity contribution is 7.20. The third kappa shape index (κ3) is 3.59. The summed E-state index contributed by atoms with van der Waals surface area (Å²) in [6.07, 6.45) is 2.54. The van der Waals surface area contributed by atoms with Crippen molar-refractivity contribution in [3.63, 3.8) is 0 Å². The number of carbonyl (C=O) groups is 3. The van der Waals surface area contributed by atoms with E-state index in [-0.39, 0.29) is 18.1 Å². The molecule has 2 bridgehead atoms. The van der Waals surface area contributed by atoms with Gasteiger partial charge < -0.3 is 14.2 Å². The van der Waals surface area contributed by atoms with Gasteiger partial charge in [0.1, 0.15) is 23.2 Å². The van der Waals surface area contributed by atoms with Crippen molar-refractivity contribution in [2.24, 2.45) is 5.92 Å². The van der Waals surface area contributed by atoms with Gasteiger partial charge in [-0.2, -0.15) is 0 Å². The van der Waals surface area contributed by atoms with Gasteiger partial charge in [-0.3, -0.25) is 0 Å². The van der Waals surface area contributed by atoms with Crippen molar-refractivity contribution in [1.82, 2.24) is 0 Å². The van der Waals surface area contributed by atoms with E-state index < -0.39 is 36.0 Å². The molecule has 0 amide bonds. The molecule has 1 fully saturated rings. The van der Waals surface area contributed by atoms with Crippen molar-refractivity contribution in [2.75, 3.05) is 0 Å². The summed E-state index contributed by atoms with van der Waals surface area (Å²) in [6, 6.07) is 9.53. The molecule has 2 aliphatic heterocycles. The molecule has 7 heteroatoms. The number of thiophene rings is 1. The Morgan fingerprint density at radius 3 is 2.74 bits per heavy atom. The van der Waals surface area contributed by atoms with Crippen LogP contribution in [0, 0.1) is 5.92 Å². The van der Waals surface area contributed by atoms with E-state index in [2.05, 4.69) is 6.58 Å². The van der Waals surface area contributed by atoms with E-state index in [4.69, 9.17) is 14.2 Å². The Labute approximate surface area is 182 Å². The average molecular weight is 436 g/mol. The van der Waals surface area contributed by atoms with Crippen LogP contribution in [0.3, 0.4) is 0 Å². The molecule has 1 aromatic heterocycles. The Morgan fingerprint density at radius 2 is 1.94 bits per heavy atom. The Balaban J connectivity index is 1.49. The van der Waals surface area contributed by atoms with Crippen molar-refractivity contribution < 1.29 is 28.6 Å². The number of fused-ring (bicyclic) bond motifs is 3. The van der Waals surface area contributed by atoms with Crippen molar-refractivity contribution in [3.8, 4) is 0 Å². The summed E-state index contributed by atoms with van der Waals surface area (Å²) in [4.78, 5) is 38.0. The van der Waals surface area contributed by atoms with Gasteiger partial charge in [-0.25, -0.2) is 14.4 Å². The summed E-state index contributed by atoms with van der Waals surface area (Å²) in [5.74, 6) is -1.98. The Kier molecular flexibility index (Phi) is 4.78. The molecule has 6 nitrogen and oxygen atoms in total. The van der Waals surface area contributed by atoms with E-state index in [1.165, 1.54) is 11.3 Å². The van der Waals surface area contributed by atoms with Crippen LogP contribution in [0.25, 0.3) is 10.1 Å². The molecule has 4 atom stereocenters. The number of esters is 3. The third-order valence-corrected chi connectivity index (χ3v) is 6.94. The maximum atomic E-state index is 13.0. The minimum absolute atomic E-state index is 0.203. The quantitative estimate of drug-likeness (QED) is 0.305. The molecule has 158 valence electrons. The van der Waals surface area contributed by atoms with Crippen LogP contribution in [-0.2, 0) is 23.8 Å². The van der Waals surface area contributed by atoms with Gasteiger partial charge in [0, 0.05) is 28.7 Å². The zero-order valence-electron chi connectivity index (χ0n) is 16.8. The first-order valence-corrected chi connectivity index (χ1v) is 10.9. The molecular formula is C24H20O6S. The van der Waals surface area contributed by atoms with Crippen LogP contribution in [0.15, 0.2) is 65.8 Å². The number of ether oxygens (including phenoxy) is 3. The topological polar surface area (TPSA) is 78.9 Å². The molecule has 5 rings (SSSR count). The van der Waals surface area contributed by atoms with Crippen molar-refractivity contribution in [3.05, 3.63) is 70.7 Å². The number of hydrogen-bond donors (Lipinski definition) is 0. The highest BCUT2D eigenvalue weighted by atomic mass is 32.1. The number of hydrogen-bond acceptors (Lipinski definition) is 7. The molecule has 1 saturated heterocycles. The van der Waals surface area contributed by atoms with Gasteiger partial charge in [0.25, 0.3) is 0 Å². The third-order valence-electron chi connectivity index (χ3n) is 5.85. The van der Waals surface area contributed by atoms with Gasteiger partial charge in [0.15, 0.2) is 0 Å². The summed E-state index contributed by atoms with van der Waals surface area (Å²) in [5, 5.41) is 0.970. The molecule has 3 aliphatic rings. The summed E-state index contributed by atoms with van der Waals surface area (Å²) >= 11 is 1.36. The van der Waals surface area contributed by atoms with Crippen LogP contribution in [0.1, 0.15) is 29.4 Å². The normalized spacial score (nSPS) is 29.5. The van der Waals surface area contributed by atoms with Gasteiger partial charge in [-0.05, 0) is 36.6 Å². The first-order valence-electron chi connectivity index (χ1n) is 10.1. The summed E-state index contributed by atoms with van der Waals surface area (Å²) in [7, 11) is 0.